The Kier molecular flexibility index (Phi) is 6.69. The maximum atomic E-state index is 15.3. The van der Waals surface area contributed by atoms with Crippen molar-refractivity contribution in [1.29, 1.82) is 0 Å². The second-order valence-corrected chi connectivity index (χ2v) is 17.2. The van der Waals surface area contributed by atoms with Crippen LogP contribution in [-0.2, 0) is 11.2 Å². The van der Waals surface area contributed by atoms with Crippen LogP contribution in [0.4, 0.5) is 4.79 Å². The van der Waals surface area contributed by atoms with Crippen molar-refractivity contribution >= 4 is 23.2 Å². The fourth-order valence-corrected chi connectivity index (χ4v) is 12.6. The molecule has 0 unspecified atom stereocenters. The van der Waals surface area contributed by atoms with Crippen LogP contribution in [0.1, 0.15) is 74.0 Å². The Morgan fingerprint density at radius 3 is 2.48 bits per heavy atom. The summed E-state index contributed by atoms with van der Waals surface area (Å²) in [7, 11) is 0. The van der Waals surface area contributed by atoms with Gasteiger partial charge in [0.2, 0.25) is 0 Å². The highest BCUT2D eigenvalue weighted by atomic mass is 32.1. The molecule has 1 amide bonds. The summed E-state index contributed by atoms with van der Waals surface area (Å²) in [4.78, 5) is 32.1. The molecule has 8 atom stereocenters. The summed E-state index contributed by atoms with van der Waals surface area (Å²) in [6.07, 6.45) is 13.5. The van der Waals surface area contributed by atoms with Crippen molar-refractivity contribution in [3.8, 4) is 11.1 Å². The first-order chi connectivity index (χ1) is 23.1. The van der Waals surface area contributed by atoms with E-state index in [1.54, 1.807) is 11.3 Å². The van der Waals surface area contributed by atoms with Crippen molar-refractivity contribution in [3.05, 3.63) is 106 Å². The molecule has 2 bridgehead atoms. The maximum absolute atomic E-state index is 15.3. The Bertz CT molecular complexity index is 1850. The average Bonchev–Trinajstić information content (AvgIpc) is 3.81. The topological polar surface area (TPSA) is 66.8 Å². The van der Waals surface area contributed by atoms with Crippen LogP contribution in [0.25, 0.3) is 11.1 Å². The predicted octanol–water partition coefficient (Wildman–Crippen LogP) is 8.89. The highest BCUT2D eigenvalue weighted by Crippen LogP contribution is 2.79. The second-order valence-electron chi connectivity index (χ2n) is 16.1. The minimum atomic E-state index is -0.566. The van der Waals surface area contributed by atoms with Crippen molar-refractivity contribution in [3.63, 3.8) is 0 Å². The first-order valence-electron chi connectivity index (χ1n) is 18.0. The number of benzene rings is 2. The minimum Gasteiger partial charge on any atom is -0.440 e. The van der Waals surface area contributed by atoms with Gasteiger partial charge in [0, 0.05) is 38.8 Å². The van der Waals surface area contributed by atoms with Gasteiger partial charge in [0.25, 0.3) is 0 Å². The van der Waals surface area contributed by atoms with Gasteiger partial charge in [-0.25, -0.2) is 4.79 Å². The number of aliphatic hydroxyl groups is 1. The van der Waals surface area contributed by atoms with Crippen LogP contribution in [-0.4, -0.2) is 46.7 Å². The van der Waals surface area contributed by atoms with Gasteiger partial charge < -0.3 is 14.7 Å². The lowest BCUT2D eigenvalue weighted by atomic mass is 9.32. The first kappa shape index (κ1) is 30.6. The van der Waals surface area contributed by atoms with Crippen molar-refractivity contribution in [2.75, 3.05) is 13.1 Å². The molecule has 5 nitrogen and oxygen atoms in total. The molecule has 6 heteroatoms. The summed E-state index contributed by atoms with van der Waals surface area (Å²) >= 11 is 1.74. The average molecular weight is 660 g/mol. The Balaban J connectivity index is 1.15. The number of hydrogen-bond donors (Lipinski definition) is 1. The molecule has 6 aliphatic carbocycles. The molecule has 2 aromatic carbocycles. The van der Waals surface area contributed by atoms with E-state index in [9.17, 15) is 9.90 Å². The van der Waals surface area contributed by atoms with E-state index in [1.807, 2.05) is 41.3 Å². The first-order valence-corrected chi connectivity index (χ1v) is 18.8. The number of carbonyl (C=O) groups is 2. The summed E-state index contributed by atoms with van der Waals surface area (Å²) in [5.74, 6) is 0.540. The molecule has 3 spiro atoms. The molecule has 3 saturated carbocycles. The standard InChI is InChI=1S/C42H45NO4S/c1-38-18-14-29(44)25-40(38)21-22-42(33(26-40)36(45)32-13-7-6-12-31(32)28-9-4-3-5-10-28)34(38)15-19-39(2)35(42)16-20-41(39)27-43(37(46)47-41)23-17-30-11-8-24-48-30/h3-13,21-22,24,26,29,34-35,44H,14-20,23,25,27H2,1-2H3/t29-,34+,35+,38+,39-,40-,41+,42-/m0/s1. The summed E-state index contributed by atoms with van der Waals surface area (Å²) in [5.41, 5.74) is 1.93. The van der Waals surface area contributed by atoms with E-state index in [2.05, 4.69) is 67.8 Å². The molecule has 248 valence electrons. The minimum absolute atomic E-state index is 0.0557. The van der Waals surface area contributed by atoms with Gasteiger partial charge in [-0.15, -0.1) is 11.3 Å². The lowest BCUT2D eigenvalue weighted by Crippen LogP contribution is -2.67. The summed E-state index contributed by atoms with van der Waals surface area (Å²) in [6.45, 7) is 6.11. The van der Waals surface area contributed by atoms with Crippen LogP contribution in [0.3, 0.4) is 0 Å². The second kappa shape index (κ2) is 10.5. The van der Waals surface area contributed by atoms with Crippen LogP contribution < -0.4 is 0 Å². The van der Waals surface area contributed by atoms with Gasteiger partial charge in [-0.1, -0.05) is 92.7 Å². The molecule has 1 N–H and O–H groups in total. The van der Waals surface area contributed by atoms with E-state index in [0.717, 1.165) is 67.2 Å². The number of aliphatic hydroxyl groups excluding tert-OH is 1. The Labute approximate surface area is 287 Å². The molecule has 2 heterocycles. The lowest BCUT2D eigenvalue weighted by Gasteiger charge is -2.71. The third-order valence-corrected chi connectivity index (χ3v) is 15.3. The lowest BCUT2D eigenvalue weighted by molar-refractivity contribution is -0.164. The van der Waals surface area contributed by atoms with E-state index < -0.39 is 11.0 Å². The third kappa shape index (κ3) is 3.93. The monoisotopic (exact) mass is 659 g/mol. The van der Waals surface area contributed by atoms with Gasteiger partial charge >= 0.3 is 6.09 Å². The predicted molar refractivity (Wildman–Crippen MR) is 189 cm³/mol. The van der Waals surface area contributed by atoms with Crippen LogP contribution >= 0.6 is 11.3 Å². The fourth-order valence-electron chi connectivity index (χ4n) is 12.0. The molecule has 1 saturated heterocycles. The van der Waals surface area contributed by atoms with E-state index in [4.69, 9.17) is 4.74 Å². The third-order valence-electron chi connectivity index (χ3n) is 14.4. The molecular weight excluding hydrogens is 615 g/mol. The number of nitrogens with zero attached hydrogens (tertiary/aromatic N) is 1. The highest BCUT2D eigenvalue weighted by molar-refractivity contribution is 7.09. The summed E-state index contributed by atoms with van der Waals surface area (Å²) < 4.78 is 6.58. The number of amides is 1. The molecule has 4 fully saturated rings. The molecule has 0 radical (unpaired) electrons. The molecule has 3 aromatic rings. The zero-order valence-electron chi connectivity index (χ0n) is 28.0. The van der Waals surface area contributed by atoms with Crippen molar-refractivity contribution in [1.82, 2.24) is 4.90 Å². The van der Waals surface area contributed by atoms with E-state index in [1.165, 1.54) is 4.88 Å². The molecular formula is C42H45NO4S. The normalized spacial score (nSPS) is 39.1. The molecule has 7 aliphatic rings. The van der Waals surface area contributed by atoms with Gasteiger partial charge in [-0.3, -0.25) is 4.79 Å². The SMILES string of the molecule is C[C@]12CC[C@H]3[C@@]4(C=C[C@@]5(C=C4C(=O)c4ccccc4-c4ccccc4)C[C@@H](O)CC[C@]35C)[C@@H]1CC[C@@]21CN(CCc2cccs2)C(=O)O1. The zero-order valence-corrected chi connectivity index (χ0v) is 28.8. The smallest absolute Gasteiger partial charge is 0.410 e. The van der Waals surface area contributed by atoms with Gasteiger partial charge in [-0.05, 0) is 91.2 Å². The van der Waals surface area contributed by atoms with Crippen molar-refractivity contribution in [2.45, 2.75) is 76.9 Å². The van der Waals surface area contributed by atoms with Gasteiger partial charge in [0.05, 0.1) is 12.6 Å². The van der Waals surface area contributed by atoms with Gasteiger partial charge in [-0.2, -0.15) is 0 Å². The Morgan fingerprint density at radius 2 is 1.67 bits per heavy atom. The largest absolute Gasteiger partial charge is 0.440 e. The number of hydrogen-bond acceptors (Lipinski definition) is 5. The number of fused-ring (bicyclic) bond motifs is 2. The summed E-state index contributed by atoms with van der Waals surface area (Å²) in [6, 6.07) is 22.5. The van der Waals surface area contributed by atoms with Crippen LogP contribution in [0.15, 0.2) is 95.9 Å². The number of thiophene rings is 1. The zero-order chi connectivity index (χ0) is 32.9. The fraction of sp³-hybridized carbons (Fsp3) is 0.476. The maximum Gasteiger partial charge on any atom is 0.410 e. The van der Waals surface area contributed by atoms with Crippen LogP contribution in [0, 0.1) is 33.5 Å². The Morgan fingerprint density at radius 1 is 0.917 bits per heavy atom. The van der Waals surface area contributed by atoms with Gasteiger partial charge in [0.15, 0.2) is 5.78 Å². The van der Waals surface area contributed by atoms with Gasteiger partial charge in [0.1, 0.15) is 5.60 Å². The number of Topliss-reactive ketones (excluding diaryl/α,β-unsaturated/α-hetero) is 1. The van der Waals surface area contributed by atoms with E-state index in [-0.39, 0.29) is 46.1 Å². The number of carbonyl (C=O) groups excluding carboxylic acids is 2. The number of ether oxygens (including phenoxy) is 1. The molecule has 48 heavy (non-hydrogen) atoms. The van der Waals surface area contributed by atoms with Crippen molar-refractivity contribution in [2.24, 2.45) is 33.5 Å². The highest BCUT2D eigenvalue weighted by Gasteiger charge is 2.76. The number of rotatable bonds is 6. The quantitative estimate of drug-likeness (QED) is 0.212. The number of ketones is 1. The molecule has 1 aliphatic heterocycles. The Hall–Kier alpha value is -3.48. The molecule has 1 aromatic heterocycles. The van der Waals surface area contributed by atoms with E-state index in [0.29, 0.717) is 19.5 Å². The van der Waals surface area contributed by atoms with Crippen molar-refractivity contribution < 1.29 is 19.4 Å². The van der Waals surface area contributed by atoms with E-state index >= 15 is 4.79 Å². The molecule has 10 rings (SSSR count). The van der Waals surface area contributed by atoms with Crippen LogP contribution in [0.5, 0.6) is 0 Å². The van der Waals surface area contributed by atoms with Crippen LogP contribution in [0.2, 0.25) is 0 Å². The number of allylic oxidation sites excluding steroid dienone is 4. The summed E-state index contributed by atoms with van der Waals surface area (Å²) in [5, 5.41) is 13.2.